The molecule has 0 aliphatic heterocycles. The minimum Gasteiger partial charge on any atom is -0.0683 e. The molecule has 0 radical (unpaired) electrons. The molecule has 0 bridgehead atoms. The highest BCUT2D eigenvalue weighted by Gasteiger charge is 2.22. The van der Waals surface area contributed by atoms with Gasteiger partial charge in [-0.2, -0.15) is 0 Å². The van der Waals surface area contributed by atoms with Crippen molar-refractivity contribution in [1.29, 1.82) is 0 Å². The Balaban J connectivity index is 0.00000136. The van der Waals surface area contributed by atoms with Crippen LogP contribution in [-0.2, 0) is 5.41 Å². The minimum absolute atomic E-state index is 0.157. The first-order valence-electron chi connectivity index (χ1n) is 10.4. The highest BCUT2D eigenvalue weighted by Crippen LogP contribution is 2.37. The molecule has 0 unspecified atom stereocenters. The van der Waals surface area contributed by atoms with Crippen LogP contribution < -0.4 is 0 Å². The highest BCUT2D eigenvalue weighted by molar-refractivity contribution is 5.82. The summed E-state index contributed by atoms with van der Waals surface area (Å²) < 4.78 is 0. The van der Waals surface area contributed by atoms with Crippen molar-refractivity contribution in [2.45, 2.75) is 53.4 Å². The van der Waals surface area contributed by atoms with E-state index in [4.69, 9.17) is 0 Å². The van der Waals surface area contributed by atoms with Gasteiger partial charge in [0, 0.05) is 0 Å². The summed E-state index contributed by atoms with van der Waals surface area (Å²) in [6.07, 6.45) is 5.55. The predicted molar refractivity (Wildman–Crippen MR) is 127 cm³/mol. The number of hydrogen-bond donors (Lipinski definition) is 0. The van der Waals surface area contributed by atoms with Crippen molar-refractivity contribution in [3.8, 4) is 11.1 Å². The molecule has 0 aliphatic carbocycles. The Morgan fingerprint density at radius 2 is 1.29 bits per heavy atom. The molecule has 0 spiro atoms. The van der Waals surface area contributed by atoms with E-state index in [9.17, 15) is 0 Å². The van der Waals surface area contributed by atoms with Gasteiger partial charge in [0.2, 0.25) is 0 Å². The molecule has 0 heteroatoms. The van der Waals surface area contributed by atoms with Crippen LogP contribution in [0.1, 0.15) is 63.3 Å². The zero-order valence-corrected chi connectivity index (χ0v) is 18.3. The summed E-state index contributed by atoms with van der Waals surface area (Å²) in [5.41, 5.74) is 7.98. The fraction of sp³-hybridized carbons (Fsp3) is 0.286. The van der Waals surface area contributed by atoms with Crippen molar-refractivity contribution < 1.29 is 0 Å². The van der Waals surface area contributed by atoms with Gasteiger partial charge in [-0.25, -0.2) is 0 Å². The van der Waals surface area contributed by atoms with Gasteiger partial charge < -0.3 is 0 Å². The quantitative estimate of drug-likeness (QED) is 0.395. The van der Waals surface area contributed by atoms with Crippen molar-refractivity contribution in [3.63, 3.8) is 0 Å². The molecule has 0 heterocycles. The molecule has 0 aliphatic rings. The van der Waals surface area contributed by atoms with Crippen LogP contribution in [-0.4, -0.2) is 0 Å². The van der Waals surface area contributed by atoms with Crippen LogP contribution in [0.3, 0.4) is 0 Å². The Bertz CT molecular complexity index is 895. The molecule has 146 valence electrons. The van der Waals surface area contributed by atoms with E-state index >= 15 is 0 Å². The number of hydrogen-bond acceptors (Lipinski definition) is 0. The van der Waals surface area contributed by atoms with Gasteiger partial charge in [-0.05, 0) is 46.6 Å². The smallest absolute Gasteiger partial charge is 0.0100 e. The fourth-order valence-electron chi connectivity index (χ4n) is 3.25. The molecule has 0 atom stereocenters. The molecule has 3 aromatic rings. The lowest BCUT2D eigenvalue weighted by Crippen LogP contribution is -2.16. The summed E-state index contributed by atoms with van der Waals surface area (Å²) in [5, 5.41) is 0. The van der Waals surface area contributed by atoms with E-state index in [1.165, 1.54) is 33.4 Å². The molecule has 0 nitrogen and oxygen atoms in total. The van der Waals surface area contributed by atoms with Crippen LogP contribution in [0.25, 0.3) is 23.3 Å². The maximum Gasteiger partial charge on any atom is -0.0100 e. The third kappa shape index (κ3) is 5.23. The average Bonchev–Trinajstić information content (AvgIpc) is 2.75. The van der Waals surface area contributed by atoms with Gasteiger partial charge in [0.05, 0.1) is 0 Å². The average molecular weight is 371 g/mol. The zero-order valence-electron chi connectivity index (χ0n) is 18.3. The van der Waals surface area contributed by atoms with Gasteiger partial charge in [0.15, 0.2) is 0 Å². The van der Waals surface area contributed by atoms with Gasteiger partial charge >= 0.3 is 0 Å². The van der Waals surface area contributed by atoms with Gasteiger partial charge in [0.1, 0.15) is 0 Å². The van der Waals surface area contributed by atoms with Gasteiger partial charge in [-0.3, -0.25) is 0 Å². The van der Waals surface area contributed by atoms with E-state index in [1.54, 1.807) is 0 Å². The number of rotatable bonds is 5. The van der Waals surface area contributed by atoms with Crippen LogP contribution in [0.4, 0.5) is 0 Å². The van der Waals surface area contributed by atoms with E-state index in [0.29, 0.717) is 0 Å². The molecule has 0 N–H and O–H groups in total. The molecule has 28 heavy (non-hydrogen) atoms. The molecule has 0 saturated carbocycles. The SMILES string of the molecule is CC.CCC(C)(C)c1ccccc1-c1ccccc1/C=C/c1ccc(C)cc1. The first-order valence-corrected chi connectivity index (χ1v) is 10.4. The second kappa shape index (κ2) is 10.1. The molecular formula is C28H34. The lowest BCUT2D eigenvalue weighted by molar-refractivity contribution is 0.508. The monoisotopic (exact) mass is 370 g/mol. The largest absolute Gasteiger partial charge is 0.0683 e. The first-order chi connectivity index (χ1) is 13.5. The van der Waals surface area contributed by atoms with Crippen molar-refractivity contribution in [1.82, 2.24) is 0 Å². The van der Waals surface area contributed by atoms with Crippen LogP contribution >= 0.6 is 0 Å². The summed E-state index contributed by atoms with van der Waals surface area (Å²) in [4.78, 5) is 0. The fourth-order valence-corrected chi connectivity index (χ4v) is 3.25. The molecule has 0 amide bonds. The predicted octanol–water partition coefficient (Wildman–Crippen LogP) is 8.55. The van der Waals surface area contributed by atoms with Gasteiger partial charge in [-0.1, -0.05) is 125 Å². The molecule has 0 aromatic heterocycles. The number of aryl methyl sites for hydroxylation is 1. The van der Waals surface area contributed by atoms with E-state index < -0.39 is 0 Å². The second-order valence-corrected chi connectivity index (χ2v) is 7.61. The lowest BCUT2D eigenvalue weighted by Gasteiger charge is -2.27. The summed E-state index contributed by atoms with van der Waals surface area (Å²) in [5.74, 6) is 0. The molecule has 0 fully saturated rings. The summed E-state index contributed by atoms with van der Waals surface area (Å²) in [6.45, 7) is 13.0. The van der Waals surface area contributed by atoms with E-state index in [-0.39, 0.29) is 5.41 Å². The van der Waals surface area contributed by atoms with Crippen molar-refractivity contribution in [2.75, 3.05) is 0 Å². The number of benzene rings is 3. The maximum absolute atomic E-state index is 2.33. The van der Waals surface area contributed by atoms with Crippen molar-refractivity contribution in [3.05, 3.63) is 95.1 Å². The Kier molecular flexibility index (Phi) is 7.81. The summed E-state index contributed by atoms with van der Waals surface area (Å²) in [7, 11) is 0. The molecule has 0 saturated heterocycles. The Hall–Kier alpha value is -2.60. The van der Waals surface area contributed by atoms with Crippen molar-refractivity contribution in [2.24, 2.45) is 0 Å². The highest BCUT2D eigenvalue weighted by atomic mass is 14.3. The summed E-state index contributed by atoms with van der Waals surface area (Å²) >= 11 is 0. The van der Waals surface area contributed by atoms with Crippen molar-refractivity contribution >= 4 is 12.2 Å². The molecular weight excluding hydrogens is 336 g/mol. The van der Waals surface area contributed by atoms with Crippen LogP contribution in [0.2, 0.25) is 0 Å². The van der Waals surface area contributed by atoms with Crippen LogP contribution in [0.15, 0.2) is 72.8 Å². The molecule has 3 aromatic carbocycles. The van der Waals surface area contributed by atoms with Gasteiger partial charge in [0.25, 0.3) is 0 Å². The maximum atomic E-state index is 2.33. The van der Waals surface area contributed by atoms with Crippen LogP contribution in [0, 0.1) is 6.92 Å². The standard InChI is InChI=1S/C26H28.C2H6/c1-5-26(3,4)25-13-9-8-12-24(25)23-11-7-6-10-22(23)19-18-21-16-14-20(2)15-17-21;1-2/h6-19H,5H2,1-4H3;1-2H3/b19-18+;. The molecule has 3 rings (SSSR count). The Labute approximate surface area is 172 Å². The zero-order chi connectivity index (χ0) is 20.6. The van der Waals surface area contributed by atoms with Crippen LogP contribution in [0.5, 0.6) is 0 Å². The van der Waals surface area contributed by atoms with E-state index in [1.807, 2.05) is 13.8 Å². The normalized spacial score (nSPS) is 11.2. The topological polar surface area (TPSA) is 0 Å². The minimum atomic E-state index is 0.157. The second-order valence-electron chi connectivity index (χ2n) is 7.61. The summed E-state index contributed by atoms with van der Waals surface area (Å²) in [6, 6.07) is 26.2. The Morgan fingerprint density at radius 1 is 0.714 bits per heavy atom. The van der Waals surface area contributed by atoms with Gasteiger partial charge in [-0.15, -0.1) is 0 Å². The first kappa shape index (κ1) is 21.7. The Morgan fingerprint density at radius 3 is 1.93 bits per heavy atom. The third-order valence-corrected chi connectivity index (χ3v) is 5.32. The van der Waals surface area contributed by atoms with E-state index in [2.05, 4.69) is 113 Å². The lowest BCUT2D eigenvalue weighted by atomic mass is 9.77. The third-order valence-electron chi connectivity index (χ3n) is 5.32. The van der Waals surface area contributed by atoms with E-state index in [0.717, 1.165) is 6.42 Å².